The van der Waals surface area contributed by atoms with Crippen molar-refractivity contribution in [3.05, 3.63) is 57.7 Å². The average Bonchev–Trinajstić information content (AvgIpc) is 2.60. The Morgan fingerprint density at radius 2 is 1.84 bits per heavy atom. The third-order valence-electron chi connectivity index (χ3n) is 3.36. The first-order valence-electron chi connectivity index (χ1n) is 7.79. The van der Waals surface area contributed by atoms with Gasteiger partial charge in [-0.25, -0.2) is 0 Å². The van der Waals surface area contributed by atoms with Gasteiger partial charge in [-0.05, 0) is 71.0 Å². The van der Waals surface area contributed by atoms with E-state index in [4.69, 9.17) is 10.5 Å². The molecular weight excluding hydrogens is 544 g/mol. The van der Waals surface area contributed by atoms with E-state index in [0.29, 0.717) is 0 Å². The van der Waals surface area contributed by atoms with E-state index in [1.165, 1.54) is 5.56 Å². The lowest BCUT2D eigenvalue weighted by Crippen LogP contribution is -2.27. The molecule has 0 heterocycles. The lowest BCUT2D eigenvalue weighted by atomic mass is 10.1. The molecule has 0 saturated carbocycles. The fourth-order valence-corrected chi connectivity index (χ4v) is 2.35. The summed E-state index contributed by atoms with van der Waals surface area (Å²) in [7, 11) is 0. The summed E-state index contributed by atoms with van der Waals surface area (Å²) in [5, 5.41) is 12.9. The Morgan fingerprint density at radius 1 is 1.20 bits per heavy atom. The minimum absolute atomic E-state index is 0. The number of hydrogen-bond acceptors (Lipinski definition) is 3. The molecule has 0 bridgehead atoms. The summed E-state index contributed by atoms with van der Waals surface area (Å²) in [6.45, 7) is 2.46. The fourth-order valence-electron chi connectivity index (χ4n) is 1.99. The number of halogens is 2. The molecule has 0 aromatic heterocycles. The molecule has 4 N–H and O–H groups in total. The second-order valence-electron chi connectivity index (χ2n) is 5.32. The van der Waals surface area contributed by atoms with Crippen LogP contribution in [0.3, 0.4) is 0 Å². The molecule has 25 heavy (non-hydrogen) atoms. The Labute approximate surface area is 179 Å². The van der Waals surface area contributed by atoms with Crippen LogP contribution < -0.4 is 15.8 Å². The number of rotatable bonds is 7. The second kappa shape index (κ2) is 11.5. The van der Waals surface area contributed by atoms with Crippen LogP contribution in [0.2, 0.25) is 0 Å². The smallest absolute Gasteiger partial charge is 0.193 e. The SMILES string of the molecule is CCc1ccc(NC(N)=NCC(O)COc2ccc(I)cc2)cc1.I. The number of aryl methyl sites for hydroxylation is 1. The fraction of sp³-hybridized carbons (Fsp3) is 0.278. The first-order valence-corrected chi connectivity index (χ1v) is 8.87. The molecule has 7 heteroatoms. The number of hydrogen-bond donors (Lipinski definition) is 3. The highest BCUT2D eigenvalue weighted by molar-refractivity contribution is 14.1. The highest BCUT2D eigenvalue weighted by Crippen LogP contribution is 2.13. The molecule has 2 rings (SSSR count). The Hall–Kier alpha value is -1.07. The summed E-state index contributed by atoms with van der Waals surface area (Å²) >= 11 is 2.23. The first kappa shape index (κ1) is 22.0. The van der Waals surface area contributed by atoms with Gasteiger partial charge in [-0.2, -0.15) is 0 Å². The maximum atomic E-state index is 9.93. The van der Waals surface area contributed by atoms with Gasteiger partial charge < -0.3 is 20.9 Å². The monoisotopic (exact) mass is 567 g/mol. The largest absolute Gasteiger partial charge is 0.491 e. The number of aliphatic imine (C=N–C) groups is 1. The van der Waals surface area contributed by atoms with Crippen molar-refractivity contribution in [3.63, 3.8) is 0 Å². The zero-order valence-electron chi connectivity index (χ0n) is 14.0. The number of anilines is 1. The van der Waals surface area contributed by atoms with Crippen LogP contribution in [0.15, 0.2) is 53.5 Å². The van der Waals surface area contributed by atoms with E-state index in [0.717, 1.165) is 21.4 Å². The van der Waals surface area contributed by atoms with Crippen molar-refractivity contribution >= 4 is 58.2 Å². The number of nitrogens with two attached hydrogens (primary N) is 1. The van der Waals surface area contributed by atoms with Gasteiger partial charge in [0.1, 0.15) is 18.5 Å². The van der Waals surface area contributed by atoms with E-state index in [9.17, 15) is 5.11 Å². The zero-order valence-corrected chi connectivity index (χ0v) is 18.5. The summed E-state index contributed by atoms with van der Waals surface area (Å²) < 4.78 is 6.65. The predicted molar refractivity (Wildman–Crippen MR) is 122 cm³/mol. The van der Waals surface area contributed by atoms with Crippen LogP contribution in [0.1, 0.15) is 12.5 Å². The molecule has 0 aliphatic carbocycles. The third-order valence-corrected chi connectivity index (χ3v) is 4.08. The summed E-state index contributed by atoms with van der Waals surface area (Å²) in [4.78, 5) is 4.14. The lowest BCUT2D eigenvalue weighted by molar-refractivity contribution is 0.114. The molecule has 0 aliphatic rings. The van der Waals surface area contributed by atoms with E-state index in [1.807, 2.05) is 48.5 Å². The van der Waals surface area contributed by atoms with Gasteiger partial charge >= 0.3 is 0 Å². The van der Waals surface area contributed by atoms with Gasteiger partial charge in [0.2, 0.25) is 0 Å². The molecule has 0 fully saturated rings. The van der Waals surface area contributed by atoms with Crippen molar-refractivity contribution in [2.45, 2.75) is 19.4 Å². The molecule has 2 aromatic rings. The van der Waals surface area contributed by atoms with Crippen molar-refractivity contribution in [1.82, 2.24) is 0 Å². The van der Waals surface area contributed by atoms with Crippen LogP contribution in [0.25, 0.3) is 0 Å². The van der Waals surface area contributed by atoms with Crippen LogP contribution in [-0.2, 0) is 6.42 Å². The maximum absolute atomic E-state index is 9.93. The van der Waals surface area contributed by atoms with Crippen molar-refractivity contribution in [2.24, 2.45) is 10.7 Å². The minimum Gasteiger partial charge on any atom is -0.491 e. The van der Waals surface area contributed by atoms with Crippen molar-refractivity contribution in [3.8, 4) is 5.75 Å². The second-order valence-corrected chi connectivity index (χ2v) is 6.57. The number of benzene rings is 2. The van der Waals surface area contributed by atoms with Crippen molar-refractivity contribution in [2.75, 3.05) is 18.5 Å². The number of nitrogens with one attached hydrogen (secondary N) is 1. The van der Waals surface area contributed by atoms with Crippen LogP contribution in [0, 0.1) is 3.57 Å². The average molecular weight is 567 g/mol. The molecule has 0 amide bonds. The molecule has 0 spiro atoms. The van der Waals surface area contributed by atoms with Gasteiger partial charge in [-0.3, -0.25) is 4.99 Å². The Balaban J connectivity index is 0.00000312. The van der Waals surface area contributed by atoms with E-state index < -0.39 is 6.10 Å². The Morgan fingerprint density at radius 3 is 2.44 bits per heavy atom. The minimum atomic E-state index is -0.716. The molecule has 1 unspecified atom stereocenters. The summed E-state index contributed by atoms with van der Waals surface area (Å²) in [5.41, 5.74) is 7.97. The molecule has 1 atom stereocenters. The van der Waals surface area contributed by atoms with Crippen molar-refractivity contribution < 1.29 is 9.84 Å². The predicted octanol–water partition coefficient (Wildman–Crippen LogP) is 3.64. The van der Waals surface area contributed by atoms with Crippen LogP contribution in [0.4, 0.5) is 5.69 Å². The quantitative estimate of drug-likeness (QED) is 0.272. The molecule has 136 valence electrons. The topological polar surface area (TPSA) is 79.9 Å². The standard InChI is InChI=1S/C18H22IN3O2.HI/c1-2-13-3-7-15(8-4-13)22-18(20)21-11-16(23)12-24-17-9-5-14(19)6-10-17;/h3-10,16,23H,2,11-12H2,1H3,(H3,20,21,22);1H. The van der Waals surface area contributed by atoms with E-state index in [-0.39, 0.29) is 43.1 Å². The Bertz CT molecular complexity index is 661. The van der Waals surface area contributed by atoms with Crippen LogP contribution in [-0.4, -0.2) is 30.3 Å². The summed E-state index contributed by atoms with van der Waals surface area (Å²) in [6.07, 6.45) is 0.281. The van der Waals surface area contributed by atoms with Crippen molar-refractivity contribution in [1.29, 1.82) is 0 Å². The highest BCUT2D eigenvalue weighted by Gasteiger charge is 2.05. The zero-order chi connectivity index (χ0) is 17.4. The van der Waals surface area contributed by atoms with E-state index in [2.05, 4.69) is 39.8 Å². The number of aliphatic hydroxyl groups is 1. The van der Waals surface area contributed by atoms with Crippen LogP contribution >= 0.6 is 46.6 Å². The first-order chi connectivity index (χ1) is 11.6. The lowest BCUT2D eigenvalue weighted by Gasteiger charge is -2.11. The van der Waals surface area contributed by atoms with Gasteiger partial charge in [0.15, 0.2) is 5.96 Å². The van der Waals surface area contributed by atoms with Crippen LogP contribution in [0.5, 0.6) is 5.75 Å². The van der Waals surface area contributed by atoms with Gasteiger partial charge in [0.25, 0.3) is 0 Å². The van der Waals surface area contributed by atoms with Gasteiger partial charge in [0, 0.05) is 9.26 Å². The summed E-state index contributed by atoms with van der Waals surface area (Å²) in [6, 6.07) is 15.6. The third kappa shape index (κ3) is 8.23. The normalized spacial score (nSPS) is 12.2. The molecule has 5 nitrogen and oxygen atoms in total. The van der Waals surface area contributed by atoms with E-state index in [1.54, 1.807) is 0 Å². The van der Waals surface area contributed by atoms with Gasteiger partial charge in [-0.15, -0.1) is 24.0 Å². The van der Waals surface area contributed by atoms with Gasteiger partial charge in [0.05, 0.1) is 6.54 Å². The van der Waals surface area contributed by atoms with Gasteiger partial charge in [-0.1, -0.05) is 19.1 Å². The van der Waals surface area contributed by atoms with E-state index >= 15 is 0 Å². The number of nitrogens with zero attached hydrogens (tertiary/aromatic N) is 1. The Kier molecular flexibility index (Phi) is 10.1. The molecule has 0 aliphatic heterocycles. The maximum Gasteiger partial charge on any atom is 0.193 e. The number of aliphatic hydroxyl groups excluding tert-OH is 1. The number of ether oxygens (including phenoxy) is 1. The highest BCUT2D eigenvalue weighted by atomic mass is 127. The summed E-state index contributed by atoms with van der Waals surface area (Å²) in [5.74, 6) is 0.994. The molecule has 2 aromatic carbocycles. The molecule has 0 saturated heterocycles. The molecular formula is C18H23I2N3O2. The molecule has 0 radical (unpaired) electrons. The number of guanidine groups is 1.